The zero-order chi connectivity index (χ0) is 21.1. The van der Waals surface area contributed by atoms with Crippen LogP contribution in [0.5, 0.6) is 0 Å². The lowest BCUT2D eigenvalue weighted by Gasteiger charge is -2.17. The molecule has 4 rings (SSSR count). The van der Waals surface area contributed by atoms with E-state index in [2.05, 4.69) is 30.7 Å². The summed E-state index contributed by atoms with van der Waals surface area (Å²) >= 11 is 0. The molecule has 4 aromatic rings. The van der Waals surface area contributed by atoms with Gasteiger partial charge >= 0.3 is 0 Å². The van der Waals surface area contributed by atoms with E-state index in [1.54, 1.807) is 0 Å². The Balaban J connectivity index is 1.87. The zero-order valence-electron chi connectivity index (χ0n) is 16.8. The minimum absolute atomic E-state index is 0.193. The minimum atomic E-state index is -0.595. The molecule has 0 unspecified atom stereocenters. The second kappa shape index (κ2) is 7.78. The van der Waals surface area contributed by atoms with Crippen molar-refractivity contribution in [3.05, 3.63) is 48.5 Å². The summed E-state index contributed by atoms with van der Waals surface area (Å²) in [5.41, 5.74) is 1.38. The van der Waals surface area contributed by atoms with Crippen LogP contribution >= 0.6 is 0 Å². The van der Waals surface area contributed by atoms with Gasteiger partial charge in [0.15, 0.2) is 17.3 Å². The predicted octanol–water partition coefficient (Wildman–Crippen LogP) is 2.81. The molecule has 0 saturated heterocycles. The fourth-order valence-corrected chi connectivity index (χ4v) is 3.16. The highest BCUT2D eigenvalue weighted by Gasteiger charge is 2.21. The number of amides is 1. The number of nitrogens with zero attached hydrogens (tertiary/aromatic N) is 5. The molecule has 0 saturated carbocycles. The highest BCUT2D eigenvalue weighted by atomic mass is 19.1. The van der Waals surface area contributed by atoms with Crippen LogP contribution < -0.4 is 10.6 Å². The van der Waals surface area contributed by atoms with Crippen LogP contribution in [0.4, 0.5) is 10.3 Å². The zero-order valence-corrected chi connectivity index (χ0v) is 15.8. The summed E-state index contributed by atoms with van der Waals surface area (Å²) < 4.78 is 23.0. The van der Waals surface area contributed by atoms with Gasteiger partial charge in [-0.1, -0.05) is 25.5 Å². The van der Waals surface area contributed by atoms with E-state index < -0.39 is 11.9 Å². The maximum Gasteiger partial charge on any atom is 0.242 e. The number of benzene rings is 1. The summed E-state index contributed by atoms with van der Waals surface area (Å²) in [5, 5.41) is 10.8. The number of likely N-dealkylation sites (N-methyl/N-ethyl adjacent to an activating group) is 1. The molecule has 0 radical (unpaired) electrons. The number of carbonyl (C=O) groups excluding carboxylic acids is 1. The second-order valence-corrected chi connectivity index (χ2v) is 6.51. The van der Waals surface area contributed by atoms with Gasteiger partial charge in [-0.2, -0.15) is 4.52 Å². The van der Waals surface area contributed by atoms with Crippen molar-refractivity contribution < 1.29 is 10.6 Å². The smallest absolute Gasteiger partial charge is 0.242 e. The van der Waals surface area contributed by atoms with Crippen molar-refractivity contribution in [1.82, 2.24) is 29.9 Å². The van der Waals surface area contributed by atoms with Gasteiger partial charge in [0, 0.05) is 20.0 Å². The lowest BCUT2D eigenvalue weighted by atomic mass is 10.1. The van der Waals surface area contributed by atoms with Gasteiger partial charge in [0.1, 0.15) is 6.04 Å². The van der Waals surface area contributed by atoms with Crippen LogP contribution in [-0.4, -0.2) is 43.5 Å². The van der Waals surface area contributed by atoms with E-state index in [9.17, 15) is 9.18 Å². The number of hydrogen-bond donors (Lipinski definition) is 2. The van der Waals surface area contributed by atoms with Gasteiger partial charge in [0.25, 0.3) is 0 Å². The van der Waals surface area contributed by atoms with Crippen molar-refractivity contribution in [3.8, 4) is 11.4 Å². The number of hydrogen-bond acceptors (Lipinski definition) is 6. The van der Waals surface area contributed by atoms with E-state index in [1.165, 1.54) is 16.8 Å². The van der Waals surface area contributed by atoms with Crippen molar-refractivity contribution in [2.24, 2.45) is 0 Å². The maximum absolute atomic E-state index is 14.3. The van der Waals surface area contributed by atoms with Gasteiger partial charge in [-0.05, 0) is 24.6 Å². The third-order valence-corrected chi connectivity index (χ3v) is 4.56. The molecule has 0 fully saturated rings. The molecule has 0 aliphatic heterocycles. The molecule has 0 bridgehead atoms. The summed E-state index contributed by atoms with van der Waals surface area (Å²) in [6, 6.07) is 8.32. The van der Waals surface area contributed by atoms with Gasteiger partial charge in [-0.25, -0.2) is 14.4 Å². The number of anilines is 1. The predicted molar refractivity (Wildman–Crippen MR) is 108 cm³/mol. The monoisotopic (exact) mass is 394 g/mol. The van der Waals surface area contributed by atoms with Crippen molar-refractivity contribution in [2.45, 2.75) is 25.8 Å². The Morgan fingerprint density at radius 1 is 1.31 bits per heavy atom. The molecular weight excluding hydrogens is 373 g/mol. The number of carbonyl (C=O) groups is 1. The molecular formula is C20H20FN7O. The molecule has 2 N–H and O–H groups in total. The maximum atomic E-state index is 14.3. The summed E-state index contributed by atoms with van der Waals surface area (Å²) in [5.74, 6) is -0.316. The highest BCUT2D eigenvalue weighted by molar-refractivity contribution is 5.93. The van der Waals surface area contributed by atoms with E-state index in [-0.39, 0.29) is 24.3 Å². The Labute approximate surface area is 167 Å². The number of nitrogens with one attached hydrogen (secondary N) is 2. The van der Waals surface area contributed by atoms with Gasteiger partial charge in [-0.3, -0.25) is 9.78 Å². The molecule has 3 heterocycles. The first-order chi connectivity index (χ1) is 14.6. The molecule has 0 aliphatic rings. The Kier molecular flexibility index (Phi) is 4.69. The molecule has 1 amide bonds. The molecule has 8 nitrogen and oxygen atoms in total. The Morgan fingerprint density at radius 2 is 2.17 bits per heavy atom. The quantitative estimate of drug-likeness (QED) is 0.522. The lowest BCUT2D eigenvalue weighted by molar-refractivity contribution is -0.121. The normalized spacial score (nSPS) is 12.7. The third kappa shape index (κ3) is 3.46. The molecule has 1 aromatic carbocycles. The topological polar surface area (TPSA) is 97.1 Å². The average molecular weight is 394 g/mol. The minimum Gasteiger partial charge on any atom is -0.357 e. The fourth-order valence-electron chi connectivity index (χ4n) is 3.16. The SMILES string of the molecule is [2H]CNC(=O)[C@H](CCC)Nc1nc2ccccc2c2nc(-c3ccncc3F)nn12. The van der Waals surface area contributed by atoms with Gasteiger partial charge in [-0.15, -0.1) is 5.10 Å². The molecule has 3 aromatic heterocycles. The molecule has 29 heavy (non-hydrogen) atoms. The average Bonchev–Trinajstić information content (AvgIpc) is 3.20. The van der Waals surface area contributed by atoms with Crippen molar-refractivity contribution >= 4 is 28.4 Å². The second-order valence-electron chi connectivity index (χ2n) is 6.51. The lowest BCUT2D eigenvalue weighted by Crippen LogP contribution is -2.38. The highest BCUT2D eigenvalue weighted by Crippen LogP contribution is 2.25. The first-order valence-electron chi connectivity index (χ1n) is 9.92. The standard InChI is InChI=1S/C20H20FN7O/c1-3-6-16(19(29)22-2)25-20-24-15-8-5-4-7-13(15)18-26-17(27-28(18)20)12-9-10-23-11-14(12)21/h4-5,7-11,16H,3,6H2,1-2H3,(H,22,29)(H,24,25)/t16-/m0/s1/i2D. The molecule has 1 atom stereocenters. The number of fused-ring (bicyclic) bond motifs is 3. The summed E-state index contributed by atoms with van der Waals surface area (Å²) in [7, 11) is -0.212. The van der Waals surface area contributed by atoms with Crippen LogP contribution in [0.3, 0.4) is 0 Å². The van der Waals surface area contributed by atoms with E-state index in [0.29, 0.717) is 23.5 Å². The van der Waals surface area contributed by atoms with Crippen molar-refractivity contribution in [2.75, 3.05) is 12.3 Å². The van der Waals surface area contributed by atoms with Gasteiger partial charge in [0.05, 0.1) is 17.3 Å². The molecule has 9 heteroatoms. The molecule has 148 valence electrons. The van der Waals surface area contributed by atoms with Crippen LogP contribution in [0, 0.1) is 5.82 Å². The van der Waals surface area contributed by atoms with Gasteiger partial charge < -0.3 is 10.6 Å². The third-order valence-electron chi connectivity index (χ3n) is 4.56. The summed E-state index contributed by atoms with van der Waals surface area (Å²) in [4.78, 5) is 25.3. The molecule has 0 spiro atoms. The van der Waals surface area contributed by atoms with E-state index in [0.717, 1.165) is 18.0 Å². The number of aromatic nitrogens is 5. The molecule has 0 aliphatic carbocycles. The fraction of sp³-hybridized carbons (Fsp3) is 0.250. The summed E-state index contributed by atoms with van der Waals surface area (Å²) in [6.07, 6.45) is 3.88. The number of halogens is 1. The number of pyridine rings is 1. The first kappa shape index (κ1) is 17.5. The van der Waals surface area contributed by atoms with E-state index >= 15 is 0 Å². The number of rotatable bonds is 6. The van der Waals surface area contributed by atoms with E-state index in [4.69, 9.17) is 1.37 Å². The number of para-hydroxylation sites is 1. The van der Waals surface area contributed by atoms with Crippen molar-refractivity contribution in [3.63, 3.8) is 0 Å². The van der Waals surface area contributed by atoms with Crippen LogP contribution in [0.25, 0.3) is 27.9 Å². The van der Waals surface area contributed by atoms with Crippen molar-refractivity contribution in [1.29, 1.82) is 0 Å². The van der Waals surface area contributed by atoms with Crippen LogP contribution in [-0.2, 0) is 4.79 Å². The van der Waals surface area contributed by atoms with Crippen LogP contribution in [0.1, 0.15) is 21.1 Å². The van der Waals surface area contributed by atoms with Crippen LogP contribution in [0.2, 0.25) is 0 Å². The first-order valence-corrected chi connectivity index (χ1v) is 9.21. The van der Waals surface area contributed by atoms with E-state index in [1.807, 2.05) is 31.2 Å². The Hall–Kier alpha value is -3.62. The summed E-state index contributed by atoms with van der Waals surface area (Å²) in [6.45, 7) is 1.96. The largest absolute Gasteiger partial charge is 0.357 e. The van der Waals surface area contributed by atoms with Gasteiger partial charge in [0.2, 0.25) is 11.9 Å². The Bertz CT molecular complexity index is 1210. The Morgan fingerprint density at radius 3 is 2.97 bits per heavy atom. The van der Waals surface area contributed by atoms with Crippen LogP contribution in [0.15, 0.2) is 42.7 Å².